The van der Waals surface area contributed by atoms with Crippen LogP contribution in [-0.2, 0) is 5.75 Å². The zero-order valence-corrected chi connectivity index (χ0v) is 10.6. The van der Waals surface area contributed by atoms with Crippen molar-refractivity contribution in [3.8, 4) is 0 Å². The Kier molecular flexibility index (Phi) is 3.94. The lowest BCUT2D eigenvalue weighted by atomic mass is 10.2. The van der Waals surface area contributed by atoms with Gasteiger partial charge in [0.1, 0.15) is 5.82 Å². The van der Waals surface area contributed by atoms with Crippen molar-refractivity contribution < 1.29 is 9.90 Å². The van der Waals surface area contributed by atoms with E-state index in [0.717, 1.165) is 4.90 Å². The minimum atomic E-state index is -1.01. The summed E-state index contributed by atoms with van der Waals surface area (Å²) in [5, 5.41) is 8.73. The van der Waals surface area contributed by atoms with Crippen molar-refractivity contribution >= 4 is 17.7 Å². The molecule has 1 aromatic carbocycles. The molecule has 0 unspecified atom stereocenters. The molecule has 0 aliphatic heterocycles. The predicted molar refractivity (Wildman–Crippen MR) is 69.7 cm³/mol. The Hall–Kier alpha value is -1.88. The van der Waals surface area contributed by atoms with Gasteiger partial charge in [-0.15, -0.1) is 11.8 Å². The summed E-state index contributed by atoms with van der Waals surface area (Å²) in [5.41, 5.74) is 1.32. The highest BCUT2D eigenvalue weighted by molar-refractivity contribution is 7.98. The molecule has 0 aliphatic rings. The third kappa shape index (κ3) is 3.30. The van der Waals surface area contributed by atoms with Crippen LogP contribution in [0.25, 0.3) is 0 Å². The van der Waals surface area contributed by atoms with Crippen LogP contribution in [-0.4, -0.2) is 21.0 Å². The first-order valence-corrected chi connectivity index (χ1v) is 6.37. The summed E-state index contributed by atoms with van der Waals surface area (Å²) in [7, 11) is 0. The van der Waals surface area contributed by atoms with Gasteiger partial charge in [0.05, 0.1) is 11.3 Å². The number of carbonyl (C=O) groups is 1. The van der Waals surface area contributed by atoms with E-state index in [1.54, 1.807) is 11.8 Å². The van der Waals surface area contributed by atoms with Crippen molar-refractivity contribution in [2.75, 3.05) is 0 Å². The molecule has 0 fully saturated rings. The SMILES string of the molecule is Cc1cccc(SCc2ncc(C(=O)O)cn2)c1. The largest absolute Gasteiger partial charge is 0.478 e. The van der Waals surface area contributed by atoms with Gasteiger partial charge in [0.25, 0.3) is 0 Å². The van der Waals surface area contributed by atoms with E-state index in [9.17, 15) is 4.79 Å². The Morgan fingerprint density at radius 3 is 2.67 bits per heavy atom. The van der Waals surface area contributed by atoms with E-state index in [4.69, 9.17) is 5.11 Å². The molecule has 0 saturated carbocycles. The summed E-state index contributed by atoms with van der Waals surface area (Å²) in [4.78, 5) is 19.8. The summed E-state index contributed by atoms with van der Waals surface area (Å²) in [6.07, 6.45) is 2.67. The highest BCUT2D eigenvalue weighted by atomic mass is 32.2. The molecular weight excluding hydrogens is 248 g/mol. The minimum absolute atomic E-state index is 0.110. The Balaban J connectivity index is 2.00. The number of rotatable bonds is 4. The van der Waals surface area contributed by atoms with E-state index >= 15 is 0 Å². The predicted octanol–water partition coefficient (Wildman–Crippen LogP) is 2.78. The third-order valence-electron chi connectivity index (χ3n) is 2.31. The molecule has 0 atom stereocenters. The lowest BCUT2D eigenvalue weighted by Crippen LogP contribution is -2.00. The fraction of sp³-hybridized carbons (Fsp3) is 0.154. The number of aromatic carboxylic acids is 1. The molecule has 0 aliphatic carbocycles. The van der Waals surface area contributed by atoms with E-state index < -0.39 is 5.97 Å². The van der Waals surface area contributed by atoms with Gasteiger partial charge in [-0.3, -0.25) is 0 Å². The van der Waals surface area contributed by atoms with Crippen LogP contribution in [0.3, 0.4) is 0 Å². The van der Waals surface area contributed by atoms with Crippen molar-refractivity contribution in [3.63, 3.8) is 0 Å². The van der Waals surface area contributed by atoms with Crippen molar-refractivity contribution in [1.29, 1.82) is 0 Å². The number of carboxylic acid groups (broad SMARTS) is 1. The number of benzene rings is 1. The van der Waals surface area contributed by atoms with Crippen LogP contribution in [0, 0.1) is 6.92 Å². The van der Waals surface area contributed by atoms with E-state index in [1.807, 2.05) is 25.1 Å². The van der Waals surface area contributed by atoms with Crippen molar-refractivity contribution in [3.05, 3.63) is 53.6 Å². The number of hydrogen-bond acceptors (Lipinski definition) is 4. The number of hydrogen-bond donors (Lipinski definition) is 1. The van der Waals surface area contributed by atoms with Crippen LogP contribution in [0.15, 0.2) is 41.6 Å². The monoisotopic (exact) mass is 260 g/mol. The lowest BCUT2D eigenvalue weighted by molar-refractivity contribution is 0.0696. The van der Waals surface area contributed by atoms with Gasteiger partial charge in [-0.25, -0.2) is 14.8 Å². The molecule has 1 heterocycles. The molecule has 5 heteroatoms. The minimum Gasteiger partial charge on any atom is -0.478 e. The normalized spacial score (nSPS) is 10.3. The quantitative estimate of drug-likeness (QED) is 0.856. The highest BCUT2D eigenvalue weighted by Gasteiger charge is 2.04. The Morgan fingerprint density at radius 1 is 1.33 bits per heavy atom. The van der Waals surface area contributed by atoms with Crippen LogP contribution in [0.4, 0.5) is 0 Å². The average molecular weight is 260 g/mol. The van der Waals surface area contributed by atoms with Gasteiger partial charge in [0.2, 0.25) is 0 Å². The van der Waals surface area contributed by atoms with Gasteiger partial charge in [0.15, 0.2) is 0 Å². The molecule has 18 heavy (non-hydrogen) atoms. The third-order valence-corrected chi connectivity index (χ3v) is 3.30. The van der Waals surface area contributed by atoms with Gasteiger partial charge in [-0.1, -0.05) is 17.7 Å². The smallest absolute Gasteiger partial charge is 0.338 e. The van der Waals surface area contributed by atoms with Gasteiger partial charge in [-0.05, 0) is 19.1 Å². The van der Waals surface area contributed by atoms with E-state index in [-0.39, 0.29) is 5.56 Å². The molecule has 0 spiro atoms. The van der Waals surface area contributed by atoms with Gasteiger partial charge < -0.3 is 5.11 Å². The van der Waals surface area contributed by atoms with Crippen molar-refractivity contribution in [2.24, 2.45) is 0 Å². The number of thioether (sulfide) groups is 1. The molecule has 92 valence electrons. The Morgan fingerprint density at radius 2 is 2.06 bits per heavy atom. The second kappa shape index (κ2) is 5.64. The van der Waals surface area contributed by atoms with E-state index in [2.05, 4.69) is 16.0 Å². The maximum Gasteiger partial charge on any atom is 0.338 e. The summed E-state index contributed by atoms with van der Waals surface area (Å²) in [5.74, 6) is 0.253. The van der Waals surface area contributed by atoms with Crippen LogP contribution < -0.4 is 0 Å². The van der Waals surface area contributed by atoms with Crippen LogP contribution in [0.5, 0.6) is 0 Å². The highest BCUT2D eigenvalue weighted by Crippen LogP contribution is 2.21. The summed E-state index contributed by atoms with van der Waals surface area (Å²) >= 11 is 1.63. The number of nitrogens with zero attached hydrogens (tertiary/aromatic N) is 2. The Labute approximate surface area is 109 Å². The first-order valence-electron chi connectivity index (χ1n) is 5.39. The maximum atomic E-state index is 10.6. The van der Waals surface area contributed by atoms with E-state index in [1.165, 1.54) is 18.0 Å². The molecule has 2 rings (SSSR count). The zero-order valence-electron chi connectivity index (χ0n) is 9.83. The van der Waals surface area contributed by atoms with E-state index in [0.29, 0.717) is 11.6 Å². The van der Waals surface area contributed by atoms with Crippen molar-refractivity contribution in [1.82, 2.24) is 9.97 Å². The molecule has 1 aromatic heterocycles. The van der Waals surface area contributed by atoms with Gasteiger partial charge >= 0.3 is 5.97 Å². The average Bonchev–Trinajstić information content (AvgIpc) is 2.37. The summed E-state index contributed by atoms with van der Waals surface area (Å²) in [6.45, 7) is 2.04. The first kappa shape index (κ1) is 12.6. The number of aromatic nitrogens is 2. The first-order chi connectivity index (χ1) is 8.65. The molecule has 0 radical (unpaired) electrons. The molecule has 4 nitrogen and oxygen atoms in total. The number of aryl methyl sites for hydroxylation is 1. The molecule has 0 bridgehead atoms. The van der Waals surface area contributed by atoms with Gasteiger partial charge in [-0.2, -0.15) is 0 Å². The lowest BCUT2D eigenvalue weighted by Gasteiger charge is -2.02. The fourth-order valence-corrected chi connectivity index (χ4v) is 2.28. The number of carboxylic acids is 1. The molecule has 2 aromatic rings. The fourth-order valence-electron chi connectivity index (χ4n) is 1.39. The second-order valence-electron chi connectivity index (χ2n) is 3.80. The van der Waals surface area contributed by atoms with Crippen LogP contribution >= 0.6 is 11.8 Å². The molecular formula is C13H12N2O2S. The summed E-state index contributed by atoms with van der Waals surface area (Å²) < 4.78 is 0. The Bertz CT molecular complexity index is 555. The molecule has 0 saturated heterocycles. The maximum absolute atomic E-state index is 10.6. The van der Waals surface area contributed by atoms with Crippen LogP contribution in [0.1, 0.15) is 21.7 Å². The van der Waals surface area contributed by atoms with Crippen LogP contribution in [0.2, 0.25) is 0 Å². The molecule has 1 N–H and O–H groups in total. The second-order valence-corrected chi connectivity index (χ2v) is 4.85. The standard InChI is InChI=1S/C13H12N2O2S/c1-9-3-2-4-11(5-9)18-8-12-14-6-10(7-15-12)13(16)17/h2-7H,8H2,1H3,(H,16,17). The van der Waals surface area contributed by atoms with Crippen molar-refractivity contribution in [2.45, 2.75) is 17.6 Å². The summed E-state index contributed by atoms with van der Waals surface area (Å²) in [6, 6.07) is 8.17. The topological polar surface area (TPSA) is 63.1 Å². The van der Waals surface area contributed by atoms with Gasteiger partial charge in [0, 0.05) is 17.3 Å². The molecule has 0 amide bonds. The zero-order chi connectivity index (χ0) is 13.0.